The molecule has 0 amide bonds. The molecule has 4 N–H and O–H groups in total. The molecule has 0 bridgehead atoms. The second-order valence-electron chi connectivity index (χ2n) is 4.63. The molecule has 1 atom stereocenters. The van der Waals surface area contributed by atoms with Gasteiger partial charge in [0, 0.05) is 13.1 Å². The number of anilines is 3. The van der Waals surface area contributed by atoms with Crippen LogP contribution in [0.3, 0.4) is 0 Å². The fourth-order valence-corrected chi connectivity index (χ4v) is 2.54. The molecular weight excluding hydrogens is 222 g/mol. The normalized spacial score (nSPS) is 21.1. The monoisotopic (exact) mass is 239 g/mol. The van der Waals surface area contributed by atoms with E-state index in [1.54, 1.807) is 6.07 Å². The van der Waals surface area contributed by atoms with Crippen LogP contribution in [0.2, 0.25) is 5.02 Å². The van der Waals surface area contributed by atoms with E-state index >= 15 is 0 Å². The highest BCUT2D eigenvalue weighted by Gasteiger charge is 2.19. The molecule has 0 unspecified atom stereocenters. The quantitative estimate of drug-likeness (QED) is 0.741. The maximum absolute atomic E-state index is 6.21. The molecule has 0 aliphatic carbocycles. The number of benzene rings is 1. The van der Waals surface area contributed by atoms with E-state index in [1.165, 1.54) is 12.8 Å². The lowest BCUT2D eigenvalue weighted by atomic mass is 9.99. The maximum atomic E-state index is 6.21. The third-order valence-corrected chi connectivity index (χ3v) is 3.45. The molecule has 0 radical (unpaired) electrons. The Hall–Kier alpha value is -1.09. The molecule has 0 saturated carbocycles. The van der Waals surface area contributed by atoms with Crippen molar-refractivity contribution in [3.8, 4) is 0 Å². The zero-order chi connectivity index (χ0) is 11.7. The highest BCUT2D eigenvalue weighted by Crippen LogP contribution is 2.34. The first-order valence-electron chi connectivity index (χ1n) is 5.67. The molecule has 1 aliphatic heterocycles. The standard InChI is InChI=1S/C12H18ClN3/c1-8-3-2-4-16(7-8)12-6-11(15)10(14)5-9(12)13/h5-6,8H,2-4,7,14-15H2,1H3/t8-/m0/s1. The minimum atomic E-state index is 0.554. The lowest BCUT2D eigenvalue weighted by molar-refractivity contribution is 0.447. The smallest absolute Gasteiger partial charge is 0.0661 e. The predicted molar refractivity (Wildman–Crippen MR) is 70.9 cm³/mol. The predicted octanol–water partition coefficient (Wildman–Crippen LogP) is 2.74. The minimum Gasteiger partial charge on any atom is -0.397 e. The fourth-order valence-electron chi connectivity index (χ4n) is 2.24. The van der Waals surface area contributed by atoms with Gasteiger partial charge in [-0.25, -0.2) is 0 Å². The summed E-state index contributed by atoms with van der Waals surface area (Å²) in [6.45, 7) is 4.36. The van der Waals surface area contributed by atoms with Crippen molar-refractivity contribution >= 4 is 28.7 Å². The molecule has 0 spiro atoms. The Balaban J connectivity index is 2.29. The molecule has 2 rings (SSSR count). The molecule has 1 aromatic rings. The molecule has 4 heteroatoms. The summed E-state index contributed by atoms with van der Waals surface area (Å²) < 4.78 is 0. The highest BCUT2D eigenvalue weighted by atomic mass is 35.5. The summed E-state index contributed by atoms with van der Waals surface area (Å²) in [5, 5.41) is 0.695. The summed E-state index contributed by atoms with van der Waals surface area (Å²) in [4.78, 5) is 2.30. The molecule has 16 heavy (non-hydrogen) atoms. The summed E-state index contributed by atoms with van der Waals surface area (Å²) in [6, 6.07) is 3.63. The summed E-state index contributed by atoms with van der Waals surface area (Å²) in [5.41, 5.74) is 13.7. The van der Waals surface area contributed by atoms with Crippen LogP contribution in [0.5, 0.6) is 0 Å². The zero-order valence-corrected chi connectivity index (χ0v) is 10.3. The summed E-state index contributed by atoms with van der Waals surface area (Å²) in [5.74, 6) is 0.712. The number of nitrogen functional groups attached to an aromatic ring is 2. The number of rotatable bonds is 1. The van der Waals surface area contributed by atoms with Gasteiger partial charge in [-0.1, -0.05) is 18.5 Å². The van der Waals surface area contributed by atoms with Crippen molar-refractivity contribution in [2.45, 2.75) is 19.8 Å². The zero-order valence-electron chi connectivity index (χ0n) is 9.54. The van der Waals surface area contributed by atoms with Crippen LogP contribution in [0.4, 0.5) is 17.1 Å². The average Bonchev–Trinajstić information content (AvgIpc) is 2.23. The molecule has 1 fully saturated rings. The van der Waals surface area contributed by atoms with Crippen LogP contribution < -0.4 is 16.4 Å². The van der Waals surface area contributed by atoms with Gasteiger partial charge in [-0.3, -0.25) is 0 Å². The summed E-state index contributed by atoms with van der Waals surface area (Å²) in [7, 11) is 0. The van der Waals surface area contributed by atoms with E-state index in [9.17, 15) is 0 Å². The van der Waals surface area contributed by atoms with E-state index in [1.807, 2.05) is 6.07 Å². The Kier molecular flexibility index (Phi) is 3.15. The van der Waals surface area contributed by atoms with E-state index in [0.29, 0.717) is 22.3 Å². The van der Waals surface area contributed by atoms with Gasteiger partial charge in [0.05, 0.1) is 22.1 Å². The first-order valence-corrected chi connectivity index (χ1v) is 6.05. The summed E-state index contributed by atoms with van der Waals surface area (Å²) >= 11 is 6.21. The number of nitrogens with two attached hydrogens (primary N) is 2. The third-order valence-electron chi connectivity index (χ3n) is 3.15. The Morgan fingerprint density at radius 3 is 2.69 bits per heavy atom. The van der Waals surface area contributed by atoms with Crippen LogP contribution >= 0.6 is 11.6 Å². The van der Waals surface area contributed by atoms with E-state index in [-0.39, 0.29) is 0 Å². The van der Waals surface area contributed by atoms with Crippen molar-refractivity contribution in [2.75, 3.05) is 29.5 Å². The Morgan fingerprint density at radius 1 is 1.31 bits per heavy atom. The lowest BCUT2D eigenvalue weighted by Gasteiger charge is -2.33. The Morgan fingerprint density at radius 2 is 2.00 bits per heavy atom. The van der Waals surface area contributed by atoms with Crippen molar-refractivity contribution in [1.29, 1.82) is 0 Å². The lowest BCUT2D eigenvalue weighted by Crippen LogP contribution is -2.34. The number of hydrogen-bond acceptors (Lipinski definition) is 3. The average molecular weight is 240 g/mol. The van der Waals surface area contributed by atoms with Gasteiger partial charge in [0.1, 0.15) is 0 Å². The maximum Gasteiger partial charge on any atom is 0.0661 e. The molecule has 0 aromatic heterocycles. The van der Waals surface area contributed by atoms with Gasteiger partial charge >= 0.3 is 0 Å². The number of hydrogen-bond donors (Lipinski definition) is 2. The second kappa shape index (κ2) is 4.42. The molecule has 1 aliphatic rings. The van der Waals surface area contributed by atoms with Crippen molar-refractivity contribution in [3.05, 3.63) is 17.2 Å². The van der Waals surface area contributed by atoms with Gasteiger partial charge < -0.3 is 16.4 Å². The van der Waals surface area contributed by atoms with Crippen molar-refractivity contribution < 1.29 is 0 Å². The molecule has 1 heterocycles. The molecular formula is C12H18ClN3. The van der Waals surface area contributed by atoms with Gasteiger partial charge in [-0.2, -0.15) is 0 Å². The van der Waals surface area contributed by atoms with Crippen LogP contribution in [0.1, 0.15) is 19.8 Å². The minimum absolute atomic E-state index is 0.554. The fraction of sp³-hybridized carbons (Fsp3) is 0.500. The van der Waals surface area contributed by atoms with E-state index in [0.717, 1.165) is 18.8 Å². The van der Waals surface area contributed by atoms with Gasteiger partial charge in [0.25, 0.3) is 0 Å². The molecule has 3 nitrogen and oxygen atoms in total. The summed E-state index contributed by atoms with van der Waals surface area (Å²) in [6.07, 6.45) is 2.50. The van der Waals surface area contributed by atoms with E-state index < -0.39 is 0 Å². The first kappa shape index (κ1) is 11.4. The Bertz CT molecular complexity index is 392. The highest BCUT2D eigenvalue weighted by molar-refractivity contribution is 6.33. The number of halogens is 1. The van der Waals surface area contributed by atoms with Gasteiger partial charge in [-0.15, -0.1) is 0 Å². The first-order chi connectivity index (χ1) is 7.58. The largest absolute Gasteiger partial charge is 0.397 e. The number of piperidine rings is 1. The van der Waals surface area contributed by atoms with Crippen molar-refractivity contribution in [2.24, 2.45) is 5.92 Å². The molecule has 1 aromatic carbocycles. The van der Waals surface area contributed by atoms with Crippen LogP contribution in [-0.2, 0) is 0 Å². The Labute approximate surface area is 101 Å². The van der Waals surface area contributed by atoms with Gasteiger partial charge in [-0.05, 0) is 30.9 Å². The van der Waals surface area contributed by atoms with Gasteiger partial charge in [0.2, 0.25) is 0 Å². The SMILES string of the molecule is C[C@H]1CCCN(c2cc(N)c(N)cc2Cl)C1. The van der Waals surface area contributed by atoms with Crippen LogP contribution in [0.25, 0.3) is 0 Å². The van der Waals surface area contributed by atoms with Crippen LogP contribution in [0.15, 0.2) is 12.1 Å². The van der Waals surface area contributed by atoms with Gasteiger partial charge in [0.15, 0.2) is 0 Å². The molecule has 1 saturated heterocycles. The second-order valence-corrected chi connectivity index (χ2v) is 5.03. The van der Waals surface area contributed by atoms with Crippen LogP contribution in [-0.4, -0.2) is 13.1 Å². The van der Waals surface area contributed by atoms with Crippen molar-refractivity contribution in [3.63, 3.8) is 0 Å². The van der Waals surface area contributed by atoms with E-state index in [4.69, 9.17) is 23.1 Å². The van der Waals surface area contributed by atoms with Crippen molar-refractivity contribution in [1.82, 2.24) is 0 Å². The topological polar surface area (TPSA) is 55.3 Å². The number of nitrogens with zero attached hydrogens (tertiary/aromatic N) is 1. The van der Waals surface area contributed by atoms with Crippen LogP contribution in [0, 0.1) is 5.92 Å². The molecule has 88 valence electrons. The van der Waals surface area contributed by atoms with E-state index in [2.05, 4.69) is 11.8 Å². The third kappa shape index (κ3) is 2.19.